The van der Waals surface area contributed by atoms with E-state index in [0.717, 1.165) is 17.7 Å². The Hall–Kier alpha value is -1.40. The Bertz CT molecular complexity index is 701. The number of nitrogens with zero attached hydrogens (tertiary/aromatic N) is 1. The van der Waals surface area contributed by atoms with E-state index in [1.807, 2.05) is 24.3 Å². The van der Waals surface area contributed by atoms with Crippen LogP contribution in [0.4, 0.5) is 0 Å². The Morgan fingerprint density at radius 3 is 2.35 bits per heavy atom. The van der Waals surface area contributed by atoms with Gasteiger partial charge in [0.2, 0.25) is 5.91 Å². The van der Waals surface area contributed by atoms with Crippen molar-refractivity contribution < 1.29 is 28.4 Å². The average Bonchev–Trinajstić information content (AvgIpc) is 2.69. The number of hydrogen-bond donors (Lipinski definition) is 2. The zero-order valence-corrected chi connectivity index (χ0v) is 19.6. The molecule has 1 amide bonds. The highest BCUT2D eigenvalue weighted by molar-refractivity contribution is 7.46. The molecule has 1 aromatic carbocycles. The van der Waals surface area contributed by atoms with Crippen molar-refractivity contribution in [1.82, 2.24) is 4.90 Å². The monoisotopic (exact) mass is 455 g/mol. The summed E-state index contributed by atoms with van der Waals surface area (Å²) in [6.07, 6.45) is 11.9. The topological polar surface area (TPSA) is 96.3 Å². The molecule has 0 aliphatic carbocycles. The van der Waals surface area contributed by atoms with E-state index in [1.54, 1.807) is 4.90 Å². The van der Waals surface area contributed by atoms with Crippen LogP contribution in [0.5, 0.6) is 5.75 Å². The first-order valence-electron chi connectivity index (χ1n) is 11.6. The second kappa shape index (κ2) is 13.9. The number of carbonyl (C=O) groups is 1. The molecule has 2 rings (SSSR count). The van der Waals surface area contributed by atoms with E-state index in [2.05, 4.69) is 11.4 Å². The summed E-state index contributed by atoms with van der Waals surface area (Å²) in [6, 6.07) is 7.85. The average molecular weight is 456 g/mol. The van der Waals surface area contributed by atoms with Gasteiger partial charge in [-0.1, -0.05) is 70.4 Å². The fourth-order valence-electron chi connectivity index (χ4n) is 3.71. The van der Waals surface area contributed by atoms with E-state index < -0.39 is 13.9 Å². The Labute approximate surface area is 186 Å². The molecule has 0 radical (unpaired) electrons. The molecule has 176 valence electrons. The highest BCUT2D eigenvalue weighted by Crippen LogP contribution is 2.39. The largest absolute Gasteiger partial charge is 0.494 e. The zero-order chi connectivity index (χ0) is 22.5. The quantitative estimate of drug-likeness (QED) is 0.273. The third-order valence-electron chi connectivity index (χ3n) is 5.53. The molecule has 1 aliphatic heterocycles. The van der Waals surface area contributed by atoms with Crippen LogP contribution >= 0.6 is 7.82 Å². The molecule has 2 N–H and O–H groups in total. The number of likely N-dealkylation sites (tertiary alicyclic amines) is 1. The molecule has 0 saturated carbocycles. The smallest absolute Gasteiger partial charge is 0.469 e. The summed E-state index contributed by atoms with van der Waals surface area (Å²) >= 11 is 0. The molecule has 0 aromatic heterocycles. The van der Waals surface area contributed by atoms with Crippen LogP contribution in [0, 0.1) is 0 Å². The van der Waals surface area contributed by atoms with Crippen molar-refractivity contribution in [3.05, 3.63) is 29.8 Å². The summed E-state index contributed by atoms with van der Waals surface area (Å²) in [6.45, 7) is 3.41. The Kier molecular flexibility index (Phi) is 11.6. The lowest BCUT2D eigenvalue weighted by Gasteiger charge is -2.38. The molecule has 8 heteroatoms. The van der Waals surface area contributed by atoms with E-state index in [0.29, 0.717) is 19.4 Å². The molecule has 1 aromatic rings. The minimum atomic E-state index is -4.49. The van der Waals surface area contributed by atoms with E-state index in [4.69, 9.17) is 14.5 Å². The predicted molar refractivity (Wildman–Crippen MR) is 121 cm³/mol. The van der Waals surface area contributed by atoms with Gasteiger partial charge in [0, 0.05) is 19.5 Å². The van der Waals surface area contributed by atoms with Crippen LogP contribution in [0.15, 0.2) is 24.3 Å². The van der Waals surface area contributed by atoms with Gasteiger partial charge < -0.3 is 19.4 Å². The molecule has 1 saturated heterocycles. The predicted octanol–water partition coefficient (Wildman–Crippen LogP) is 4.85. The van der Waals surface area contributed by atoms with Gasteiger partial charge in [-0.25, -0.2) is 4.57 Å². The number of unbranched alkanes of at least 4 members (excludes halogenated alkanes) is 8. The maximum Gasteiger partial charge on any atom is 0.469 e. The maximum absolute atomic E-state index is 12.2. The van der Waals surface area contributed by atoms with E-state index >= 15 is 0 Å². The number of aryl methyl sites for hydroxylation is 1. The van der Waals surface area contributed by atoms with Gasteiger partial charge in [0.25, 0.3) is 0 Å². The molecule has 0 bridgehead atoms. The molecule has 1 fully saturated rings. The van der Waals surface area contributed by atoms with E-state index in [9.17, 15) is 9.36 Å². The van der Waals surface area contributed by atoms with Crippen LogP contribution in [-0.2, 0) is 20.3 Å². The summed E-state index contributed by atoms with van der Waals surface area (Å²) in [7, 11) is -4.49. The Morgan fingerprint density at radius 1 is 1.06 bits per heavy atom. The SMILES string of the molecule is CCCCCCCCCCCOc1cccc(CCC(=O)N2CC(OP(=O)(O)O)C2)c1. The first kappa shape index (κ1) is 25.9. The molecule has 0 spiro atoms. The fourth-order valence-corrected chi connectivity index (χ4v) is 4.23. The van der Waals surface area contributed by atoms with Crippen LogP contribution in [-0.4, -0.2) is 46.4 Å². The van der Waals surface area contributed by atoms with Crippen molar-refractivity contribution >= 4 is 13.7 Å². The van der Waals surface area contributed by atoms with Crippen molar-refractivity contribution in [2.45, 2.75) is 83.7 Å². The summed E-state index contributed by atoms with van der Waals surface area (Å²) in [4.78, 5) is 31.3. The molecule has 31 heavy (non-hydrogen) atoms. The number of rotatable bonds is 16. The van der Waals surface area contributed by atoms with Gasteiger partial charge in [-0.05, 0) is 30.5 Å². The third kappa shape index (κ3) is 11.2. The van der Waals surface area contributed by atoms with Crippen molar-refractivity contribution in [3.8, 4) is 5.75 Å². The molecule has 0 atom stereocenters. The second-order valence-corrected chi connectivity index (χ2v) is 9.53. The summed E-state index contributed by atoms with van der Waals surface area (Å²) in [5.41, 5.74) is 1.04. The first-order chi connectivity index (χ1) is 14.9. The first-order valence-corrected chi connectivity index (χ1v) is 13.1. The lowest BCUT2D eigenvalue weighted by atomic mass is 10.1. The Morgan fingerprint density at radius 2 is 1.71 bits per heavy atom. The van der Waals surface area contributed by atoms with E-state index in [-0.39, 0.29) is 19.0 Å². The Balaban J connectivity index is 1.55. The van der Waals surface area contributed by atoms with Crippen molar-refractivity contribution in [2.75, 3.05) is 19.7 Å². The van der Waals surface area contributed by atoms with Gasteiger partial charge in [0.05, 0.1) is 6.61 Å². The van der Waals surface area contributed by atoms with Gasteiger partial charge in [0.1, 0.15) is 11.9 Å². The van der Waals surface area contributed by atoms with Crippen molar-refractivity contribution in [3.63, 3.8) is 0 Å². The van der Waals surface area contributed by atoms with Crippen LogP contribution in [0.2, 0.25) is 0 Å². The van der Waals surface area contributed by atoms with Gasteiger partial charge >= 0.3 is 7.82 Å². The van der Waals surface area contributed by atoms with Crippen LogP contribution in [0.25, 0.3) is 0 Å². The van der Waals surface area contributed by atoms with Crippen LogP contribution in [0.1, 0.15) is 76.7 Å². The van der Waals surface area contributed by atoms with Gasteiger partial charge in [-0.15, -0.1) is 0 Å². The maximum atomic E-state index is 12.2. The number of phosphoric ester groups is 1. The zero-order valence-electron chi connectivity index (χ0n) is 18.7. The second-order valence-electron chi connectivity index (χ2n) is 8.34. The summed E-state index contributed by atoms with van der Waals surface area (Å²) < 4.78 is 21.2. The van der Waals surface area contributed by atoms with E-state index in [1.165, 1.54) is 51.4 Å². The van der Waals surface area contributed by atoms with Gasteiger partial charge in [-0.2, -0.15) is 0 Å². The normalized spacial score (nSPS) is 14.5. The molecule has 1 aliphatic rings. The number of carbonyl (C=O) groups excluding carboxylic acids is 1. The van der Waals surface area contributed by atoms with Crippen molar-refractivity contribution in [1.29, 1.82) is 0 Å². The third-order valence-corrected chi connectivity index (χ3v) is 6.10. The highest BCUT2D eigenvalue weighted by atomic mass is 31.2. The summed E-state index contributed by atoms with van der Waals surface area (Å²) in [5.74, 6) is 0.801. The number of ether oxygens (including phenoxy) is 1. The molecule has 0 unspecified atom stereocenters. The van der Waals surface area contributed by atoms with Gasteiger partial charge in [-0.3, -0.25) is 9.32 Å². The minimum absolute atomic E-state index is 0.0356. The lowest BCUT2D eigenvalue weighted by molar-refractivity contribution is -0.140. The van der Waals surface area contributed by atoms with Crippen LogP contribution < -0.4 is 4.74 Å². The molecular weight excluding hydrogens is 417 g/mol. The number of benzene rings is 1. The van der Waals surface area contributed by atoms with Gasteiger partial charge in [0.15, 0.2) is 0 Å². The van der Waals surface area contributed by atoms with Crippen LogP contribution in [0.3, 0.4) is 0 Å². The number of amides is 1. The summed E-state index contributed by atoms with van der Waals surface area (Å²) in [5, 5.41) is 0. The van der Waals surface area contributed by atoms with Crippen molar-refractivity contribution in [2.24, 2.45) is 0 Å². The molecular formula is C23H38NO6P. The molecule has 1 heterocycles. The number of hydrogen-bond acceptors (Lipinski definition) is 4. The lowest BCUT2D eigenvalue weighted by Crippen LogP contribution is -2.54. The fraction of sp³-hybridized carbons (Fsp3) is 0.696. The standard InChI is InChI=1S/C23H38NO6P/c1-2-3-4-5-6-7-8-9-10-16-29-21-13-11-12-20(17-21)14-15-23(25)24-18-22(19-24)30-31(26,27)28/h11-13,17,22H,2-10,14-16,18-19H2,1H3,(H2,26,27,28). The minimum Gasteiger partial charge on any atom is -0.494 e. The highest BCUT2D eigenvalue weighted by Gasteiger charge is 2.35. The molecule has 7 nitrogen and oxygen atoms in total. The number of phosphoric acid groups is 1.